The predicted molar refractivity (Wildman–Crippen MR) is 65.4 cm³/mol. The number of ether oxygens (including phenoxy) is 1. The zero-order valence-electron chi connectivity index (χ0n) is 10.9. The van der Waals surface area contributed by atoms with Gasteiger partial charge in [0, 0.05) is 19.4 Å². The second-order valence-electron chi connectivity index (χ2n) is 4.66. The van der Waals surface area contributed by atoms with Gasteiger partial charge in [-0.25, -0.2) is 0 Å². The number of aromatic nitrogens is 2. The molecule has 0 aromatic carbocycles. The highest BCUT2D eigenvalue weighted by atomic mass is 16.5. The van der Waals surface area contributed by atoms with Gasteiger partial charge in [0.2, 0.25) is 5.91 Å². The Kier molecular flexibility index (Phi) is 3.84. The fourth-order valence-electron chi connectivity index (χ4n) is 2.24. The Balaban J connectivity index is 2.08. The maximum absolute atomic E-state index is 12.3. The molecule has 1 aliphatic rings. The molecule has 1 amide bonds. The summed E-state index contributed by atoms with van der Waals surface area (Å²) >= 11 is 0. The van der Waals surface area contributed by atoms with Crippen LogP contribution in [0, 0.1) is 5.92 Å². The van der Waals surface area contributed by atoms with Crippen molar-refractivity contribution in [2.75, 3.05) is 20.3 Å². The van der Waals surface area contributed by atoms with E-state index in [0.29, 0.717) is 0 Å². The highest BCUT2D eigenvalue weighted by molar-refractivity contribution is 5.81. The van der Waals surface area contributed by atoms with E-state index in [0.717, 1.165) is 0 Å². The molecule has 3 atom stereocenters. The molecule has 7 nitrogen and oxygen atoms in total. The molecule has 1 aliphatic heterocycles. The predicted octanol–water partition coefficient (Wildman–Crippen LogP) is 0.00210. The minimum atomic E-state index is -0.936. The van der Waals surface area contributed by atoms with Crippen molar-refractivity contribution in [2.45, 2.75) is 19.0 Å². The fourth-order valence-corrected chi connectivity index (χ4v) is 2.24. The van der Waals surface area contributed by atoms with Crippen molar-refractivity contribution >= 4 is 11.9 Å². The summed E-state index contributed by atoms with van der Waals surface area (Å²) in [5, 5.41) is 13.1. The molecule has 3 unspecified atom stereocenters. The molecular weight excluding hydrogens is 250 g/mol. The van der Waals surface area contributed by atoms with Crippen LogP contribution in [0.1, 0.15) is 13.0 Å². The molecule has 0 radical (unpaired) electrons. The third-order valence-electron chi connectivity index (χ3n) is 3.49. The molecule has 1 aromatic heterocycles. The van der Waals surface area contributed by atoms with E-state index < -0.39 is 24.0 Å². The van der Waals surface area contributed by atoms with Crippen LogP contribution in [0.2, 0.25) is 0 Å². The molecule has 0 spiro atoms. The van der Waals surface area contributed by atoms with Crippen molar-refractivity contribution in [3.8, 4) is 0 Å². The van der Waals surface area contributed by atoms with Gasteiger partial charge in [-0.05, 0) is 13.0 Å². The number of nitrogens with zero attached hydrogens (tertiary/aromatic N) is 3. The summed E-state index contributed by atoms with van der Waals surface area (Å²) in [6.45, 7) is 2.14. The van der Waals surface area contributed by atoms with E-state index in [1.165, 1.54) is 4.90 Å². The molecule has 0 aliphatic carbocycles. The van der Waals surface area contributed by atoms with Crippen LogP contribution in [0.3, 0.4) is 0 Å². The third kappa shape index (κ3) is 2.60. The normalized spacial score (nSPS) is 24.1. The number of hydrogen-bond donors (Lipinski definition) is 1. The van der Waals surface area contributed by atoms with Crippen molar-refractivity contribution in [3.63, 3.8) is 0 Å². The lowest BCUT2D eigenvalue weighted by Gasteiger charge is -2.28. The Bertz CT molecular complexity index is 460. The van der Waals surface area contributed by atoms with Crippen LogP contribution in [0.5, 0.6) is 0 Å². The van der Waals surface area contributed by atoms with Gasteiger partial charge in [0.1, 0.15) is 12.0 Å². The second-order valence-corrected chi connectivity index (χ2v) is 4.66. The molecule has 0 bridgehead atoms. The van der Waals surface area contributed by atoms with Crippen molar-refractivity contribution in [2.24, 2.45) is 5.92 Å². The van der Waals surface area contributed by atoms with Crippen LogP contribution < -0.4 is 0 Å². The molecule has 2 heterocycles. The van der Waals surface area contributed by atoms with E-state index in [9.17, 15) is 9.59 Å². The van der Waals surface area contributed by atoms with Crippen molar-refractivity contribution in [1.82, 2.24) is 14.7 Å². The highest BCUT2D eigenvalue weighted by Gasteiger charge is 2.39. The van der Waals surface area contributed by atoms with Gasteiger partial charge in [0.25, 0.3) is 0 Å². The monoisotopic (exact) mass is 267 g/mol. The average molecular weight is 267 g/mol. The molecule has 0 saturated carbocycles. The van der Waals surface area contributed by atoms with Crippen molar-refractivity contribution < 1.29 is 19.4 Å². The quantitative estimate of drug-likeness (QED) is 0.830. The van der Waals surface area contributed by atoms with Crippen LogP contribution in [-0.2, 0) is 14.3 Å². The first-order chi connectivity index (χ1) is 9.02. The van der Waals surface area contributed by atoms with Crippen LogP contribution in [0.25, 0.3) is 0 Å². The average Bonchev–Trinajstić information content (AvgIpc) is 3.06. The van der Waals surface area contributed by atoms with Crippen LogP contribution in [0.15, 0.2) is 18.5 Å². The van der Waals surface area contributed by atoms with E-state index in [1.807, 2.05) is 0 Å². The largest absolute Gasteiger partial charge is 0.481 e. The molecule has 1 fully saturated rings. The zero-order chi connectivity index (χ0) is 14.0. The topological polar surface area (TPSA) is 84.7 Å². The van der Waals surface area contributed by atoms with Crippen molar-refractivity contribution in [3.05, 3.63) is 18.5 Å². The van der Waals surface area contributed by atoms with E-state index in [-0.39, 0.29) is 19.1 Å². The molecule has 7 heteroatoms. The van der Waals surface area contributed by atoms with E-state index in [4.69, 9.17) is 9.84 Å². The Morgan fingerprint density at radius 2 is 2.26 bits per heavy atom. The highest BCUT2D eigenvalue weighted by Crippen LogP contribution is 2.21. The number of likely N-dealkylation sites (N-methyl/N-ethyl adjacent to an activating group) is 1. The van der Waals surface area contributed by atoms with Gasteiger partial charge >= 0.3 is 5.97 Å². The number of aliphatic carboxylic acids is 1. The molecule has 2 rings (SSSR count). The lowest BCUT2D eigenvalue weighted by atomic mass is 10.0. The first kappa shape index (κ1) is 13.5. The minimum Gasteiger partial charge on any atom is -0.481 e. The maximum atomic E-state index is 12.3. The summed E-state index contributed by atoms with van der Waals surface area (Å²) < 4.78 is 6.72. The van der Waals surface area contributed by atoms with Crippen LogP contribution in [-0.4, -0.2) is 58.0 Å². The Morgan fingerprint density at radius 3 is 2.84 bits per heavy atom. The lowest BCUT2D eigenvalue weighted by Crippen LogP contribution is -2.46. The van der Waals surface area contributed by atoms with Crippen molar-refractivity contribution in [1.29, 1.82) is 0 Å². The second kappa shape index (κ2) is 5.40. The Morgan fingerprint density at radius 1 is 1.53 bits per heavy atom. The Hall–Kier alpha value is -1.89. The summed E-state index contributed by atoms with van der Waals surface area (Å²) in [7, 11) is 1.61. The van der Waals surface area contributed by atoms with Gasteiger partial charge in [-0.1, -0.05) is 0 Å². The maximum Gasteiger partial charge on any atom is 0.311 e. The van der Waals surface area contributed by atoms with Gasteiger partial charge in [0.05, 0.1) is 19.3 Å². The molecule has 1 N–H and O–H groups in total. The van der Waals surface area contributed by atoms with Gasteiger partial charge in [0.15, 0.2) is 0 Å². The SMILES string of the molecule is CC(C(=O)N(C)C1COCC1C(=O)O)n1cccn1. The number of carbonyl (C=O) groups excluding carboxylic acids is 1. The summed E-state index contributed by atoms with van der Waals surface area (Å²) in [5.74, 6) is -1.78. The van der Waals surface area contributed by atoms with Crippen LogP contribution >= 0.6 is 0 Å². The number of carbonyl (C=O) groups is 2. The molecule has 1 aromatic rings. The van der Waals surface area contributed by atoms with E-state index >= 15 is 0 Å². The number of hydrogen-bond acceptors (Lipinski definition) is 4. The summed E-state index contributed by atoms with van der Waals surface area (Å²) in [5.41, 5.74) is 0. The smallest absolute Gasteiger partial charge is 0.311 e. The zero-order valence-corrected chi connectivity index (χ0v) is 10.9. The van der Waals surface area contributed by atoms with Gasteiger partial charge in [-0.15, -0.1) is 0 Å². The summed E-state index contributed by atoms with van der Waals surface area (Å²) in [6, 6.07) is 0.848. The standard InChI is InChI=1S/C12H17N3O4/c1-8(15-5-3-4-13-15)11(16)14(2)10-7-19-6-9(10)12(17)18/h3-5,8-10H,6-7H2,1-2H3,(H,17,18). The van der Waals surface area contributed by atoms with Gasteiger partial charge in [-0.3, -0.25) is 14.3 Å². The van der Waals surface area contributed by atoms with E-state index in [2.05, 4.69) is 5.10 Å². The van der Waals surface area contributed by atoms with Gasteiger partial charge < -0.3 is 14.7 Å². The first-order valence-corrected chi connectivity index (χ1v) is 6.08. The molecule has 1 saturated heterocycles. The number of rotatable bonds is 4. The minimum absolute atomic E-state index is 0.147. The van der Waals surface area contributed by atoms with E-state index in [1.54, 1.807) is 37.1 Å². The number of carboxylic acids is 1. The Labute approximate surface area is 110 Å². The molecule has 19 heavy (non-hydrogen) atoms. The lowest BCUT2D eigenvalue weighted by molar-refractivity contribution is -0.145. The number of amides is 1. The summed E-state index contributed by atoms with van der Waals surface area (Å²) in [4.78, 5) is 24.9. The molecule has 104 valence electrons. The fraction of sp³-hybridized carbons (Fsp3) is 0.583. The first-order valence-electron chi connectivity index (χ1n) is 6.08. The number of carboxylic acid groups (broad SMARTS) is 1. The van der Waals surface area contributed by atoms with Crippen LogP contribution in [0.4, 0.5) is 0 Å². The molecular formula is C12H17N3O4. The van der Waals surface area contributed by atoms with Gasteiger partial charge in [-0.2, -0.15) is 5.10 Å². The third-order valence-corrected chi connectivity index (χ3v) is 3.49. The summed E-state index contributed by atoms with van der Waals surface area (Å²) in [6.07, 6.45) is 3.30.